The Morgan fingerprint density at radius 2 is 1.42 bits per heavy atom. The van der Waals surface area contributed by atoms with Crippen molar-refractivity contribution >= 4 is 12.1 Å². The van der Waals surface area contributed by atoms with Gasteiger partial charge in [0.2, 0.25) is 0 Å². The number of hydrogen-bond donors (Lipinski definition) is 4. The van der Waals surface area contributed by atoms with Crippen LogP contribution in [0.1, 0.15) is 13.8 Å². The summed E-state index contributed by atoms with van der Waals surface area (Å²) in [5.74, 6) is -0.910. The summed E-state index contributed by atoms with van der Waals surface area (Å²) in [4.78, 5) is 18.6. The lowest BCUT2D eigenvalue weighted by atomic mass is 10.1. The van der Waals surface area contributed by atoms with Crippen LogP contribution < -0.4 is 5.73 Å². The molecule has 0 spiro atoms. The summed E-state index contributed by atoms with van der Waals surface area (Å²) in [5.41, 5.74) is 5.16. The van der Waals surface area contributed by atoms with E-state index >= 15 is 0 Å². The molecule has 6 heteroatoms. The van der Waals surface area contributed by atoms with Crippen LogP contribution >= 0.6 is 0 Å². The lowest BCUT2D eigenvalue weighted by molar-refractivity contribution is -0.139. The van der Waals surface area contributed by atoms with Crippen LogP contribution in [-0.2, 0) is 4.79 Å². The van der Waals surface area contributed by atoms with Gasteiger partial charge < -0.3 is 21.1 Å². The van der Waals surface area contributed by atoms with E-state index in [0.717, 1.165) is 0 Å². The number of carboxylic acids is 1. The Morgan fingerprint density at radius 1 is 1.17 bits per heavy atom. The van der Waals surface area contributed by atoms with Crippen molar-refractivity contribution in [3.05, 3.63) is 0 Å². The van der Waals surface area contributed by atoms with Gasteiger partial charge in [-0.25, -0.2) is 4.79 Å². The van der Waals surface area contributed by atoms with E-state index in [1.165, 1.54) is 0 Å². The molecule has 0 aliphatic carbocycles. The molecule has 12 heavy (non-hydrogen) atoms. The zero-order chi connectivity index (χ0) is 10.3. The molecule has 0 heterocycles. The fraction of sp³-hybridized carbons (Fsp3) is 0.667. The largest absolute Gasteiger partial charge is 0.503 e. The minimum atomic E-state index is -1.83. The van der Waals surface area contributed by atoms with E-state index in [9.17, 15) is 4.79 Å². The highest BCUT2D eigenvalue weighted by Crippen LogP contribution is 1.96. The quantitative estimate of drug-likeness (QED) is 0.483. The second kappa shape index (κ2) is 6.41. The summed E-state index contributed by atoms with van der Waals surface area (Å²) in [7, 11) is 0. The van der Waals surface area contributed by atoms with Crippen molar-refractivity contribution in [2.75, 3.05) is 0 Å². The molecule has 0 saturated carbocycles. The molecule has 6 nitrogen and oxygen atoms in total. The van der Waals surface area contributed by atoms with Crippen LogP contribution in [-0.4, -0.2) is 33.5 Å². The molecule has 1 unspecified atom stereocenters. The van der Waals surface area contributed by atoms with Crippen LogP contribution in [0.4, 0.5) is 4.79 Å². The van der Waals surface area contributed by atoms with Gasteiger partial charge in [-0.2, -0.15) is 0 Å². The summed E-state index contributed by atoms with van der Waals surface area (Å²) >= 11 is 0. The van der Waals surface area contributed by atoms with Crippen molar-refractivity contribution in [2.24, 2.45) is 11.7 Å². The van der Waals surface area contributed by atoms with Gasteiger partial charge in [0.05, 0.1) is 0 Å². The summed E-state index contributed by atoms with van der Waals surface area (Å²) in [6.45, 7) is 3.55. The van der Waals surface area contributed by atoms with Gasteiger partial charge in [-0.3, -0.25) is 4.79 Å². The highest BCUT2D eigenvalue weighted by molar-refractivity contribution is 5.73. The lowest BCUT2D eigenvalue weighted by Crippen LogP contribution is -2.34. The zero-order valence-electron chi connectivity index (χ0n) is 6.89. The Hall–Kier alpha value is -1.30. The first kappa shape index (κ1) is 13.3. The van der Waals surface area contributed by atoms with Crippen LogP contribution in [0, 0.1) is 5.92 Å². The Labute approximate surface area is 69.6 Å². The monoisotopic (exact) mass is 179 g/mol. The maximum Gasteiger partial charge on any atom is 0.503 e. The van der Waals surface area contributed by atoms with Crippen LogP contribution in [0.25, 0.3) is 0 Å². The molecule has 0 radical (unpaired) electrons. The second-order valence-electron chi connectivity index (χ2n) is 2.39. The molecule has 0 fully saturated rings. The molecule has 0 aromatic carbocycles. The number of aliphatic carboxylic acids is 1. The molecule has 5 N–H and O–H groups in total. The predicted molar refractivity (Wildman–Crippen MR) is 41.1 cm³/mol. The van der Waals surface area contributed by atoms with Gasteiger partial charge in [-0.05, 0) is 5.92 Å². The highest BCUT2D eigenvalue weighted by atomic mass is 16.6. The smallest absolute Gasteiger partial charge is 0.480 e. The van der Waals surface area contributed by atoms with Crippen LogP contribution in [0.2, 0.25) is 0 Å². The number of hydrogen-bond acceptors (Lipinski definition) is 3. The molecule has 0 aromatic rings. The van der Waals surface area contributed by atoms with E-state index in [1.807, 2.05) is 0 Å². The standard InChI is InChI=1S/C5H11NO2.CH2O3/c1-3(2)4(6)5(7)8;2-1(3)4/h3-4H,6H2,1-2H3,(H,7,8);(H2,2,3,4). The molecule has 0 bridgehead atoms. The van der Waals surface area contributed by atoms with Crippen molar-refractivity contribution < 1.29 is 24.9 Å². The molecular formula is C6H13NO5. The van der Waals surface area contributed by atoms with Crippen molar-refractivity contribution in [3.8, 4) is 0 Å². The number of carboxylic acid groups (broad SMARTS) is 3. The molecule has 0 saturated heterocycles. The summed E-state index contributed by atoms with van der Waals surface area (Å²) in [5, 5.41) is 22.2. The fourth-order valence-corrected chi connectivity index (χ4v) is 0.285. The van der Waals surface area contributed by atoms with Crippen LogP contribution in [0.5, 0.6) is 0 Å². The van der Waals surface area contributed by atoms with Crippen LogP contribution in [0.3, 0.4) is 0 Å². The highest BCUT2D eigenvalue weighted by Gasteiger charge is 2.14. The average Bonchev–Trinajstić information content (AvgIpc) is 1.84. The van der Waals surface area contributed by atoms with Crippen molar-refractivity contribution in [3.63, 3.8) is 0 Å². The first-order chi connectivity index (χ1) is 5.29. The average molecular weight is 179 g/mol. The van der Waals surface area contributed by atoms with Gasteiger partial charge >= 0.3 is 12.1 Å². The molecule has 0 aromatic heterocycles. The second-order valence-corrected chi connectivity index (χ2v) is 2.39. The van der Waals surface area contributed by atoms with Crippen LogP contribution in [0.15, 0.2) is 0 Å². The summed E-state index contributed by atoms with van der Waals surface area (Å²) in [6.07, 6.45) is -1.83. The molecule has 1 atom stereocenters. The van der Waals surface area contributed by atoms with Gasteiger partial charge in [0.1, 0.15) is 6.04 Å². The van der Waals surface area contributed by atoms with Crippen molar-refractivity contribution in [1.29, 1.82) is 0 Å². The van der Waals surface area contributed by atoms with E-state index in [4.69, 9.17) is 25.8 Å². The molecular weight excluding hydrogens is 166 g/mol. The minimum Gasteiger partial charge on any atom is -0.480 e. The molecule has 0 rings (SSSR count). The maximum absolute atomic E-state index is 10.0. The van der Waals surface area contributed by atoms with E-state index in [1.54, 1.807) is 13.8 Å². The maximum atomic E-state index is 10.0. The Balaban J connectivity index is 0. The Kier molecular flexibility index (Phi) is 7.11. The first-order valence-electron chi connectivity index (χ1n) is 3.19. The molecule has 72 valence electrons. The van der Waals surface area contributed by atoms with Gasteiger partial charge in [0.15, 0.2) is 0 Å². The van der Waals surface area contributed by atoms with Gasteiger partial charge in [-0.15, -0.1) is 0 Å². The van der Waals surface area contributed by atoms with E-state index in [2.05, 4.69) is 0 Å². The van der Waals surface area contributed by atoms with E-state index < -0.39 is 18.2 Å². The van der Waals surface area contributed by atoms with E-state index in [-0.39, 0.29) is 5.92 Å². The third-order valence-corrected chi connectivity index (χ3v) is 1.00. The zero-order valence-corrected chi connectivity index (χ0v) is 6.89. The van der Waals surface area contributed by atoms with Gasteiger partial charge in [0.25, 0.3) is 0 Å². The predicted octanol–water partition coefficient (Wildman–Crippen LogP) is 0.277. The fourth-order valence-electron chi connectivity index (χ4n) is 0.285. The Bertz CT molecular complexity index is 152. The first-order valence-corrected chi connectivity index (χ1v) is 3.19. The van der Waals surface area contributed by atoms with Gasteiger partial charge in [-0.1, -0.05) is 13.8 Å². The minimum absolute atomic E-state index is 0.0208. The summed E-state index contributed by atoms with van der Waals surface area (Å²) in [6, 6.07) is -0.713. The Morgan fingerprint density at radius 3 is 1.42 bits per heavy atom. The van der Waals surface area contributed by atoms with E-state index in [0.29, 0.717) is 0 Å². The van der Waals surface area contributed by atoms with Crippen molar-refractivity contribution in [2.45, 2.75) is 19.9 Å². The number of carbonyl (C=O) groups is 2. The third kappa shape index (κ3) is 11.5. The SMILES string of the molecule is CC(C)C(N)C(=O)O.O=C(O)O. The molecule has 0 aliphatic rings. The number of nitrogens with two attached hydrogens (primary N) is 1. The normalized spacial score (nSPS) is 11.3. The summed E-state index contributed by atoms with van der Waals surface area (Å²) < 4.78 is 0. The number of rotatable bonds is 2. The molecule has 0 amide bonds. The topological polar surface area (TPSA) is 121 Å². The third-order valence-electron chi connectivity index (χ3n) is 1.00. The molecule has 0 aliphatic heterocycles. The lowest BCUT2D eigenvalue weighted by Gasteiger charge is -2.07. The van der Waals surface area contributed by atoms with Crippen molar-refractivity contribution in [1.82, 2.24) is 0 Å². The van der Waals surface area contributed by atoms with Gasteiger partial charge in [0, 0.05) is 0 Å².